The average molecular weight is 412 g/mol. The van der Waals surface area contributed by atoms with Crippen LogP contribution >= 0.6 is 0 Å². The third kappa shape index (κ3) is 4.74. The maximum absolute atomic E-state index is 12.8. The lowest BCUT2D eigenvalue weighted by molar-refractivity contribution is -0.142. The Morgan fingerprint density at radius 3 is 2.47 bits per heavy atom. The molecule has 0 aliphatic carbocycles. The van der Waals surface area contributed by atoms with E-state index in [9.17, 15) is 9.59 Å². The number of ether oxygens (including phenoxy) is 3. The van der Waals surface area contributed by atoms with Crippen LogP contribution in [0.15, 0.2) is 36.4 Å². The number of aryl methyl sites for hydroxylation is 1. The lowest BCUT2D eigenvalue weighted by atomic mass is 9.90. The molecule has 0 radical (unpaired) electrons. The van der Waals surface area contributed by atoms with Crippen molar-refractivity contribution in [2.45, 2.75) is 25.8 Å². The molecule has 0 bridgehead atoms. The molecule has 0 saturated carbocycles. The zero-order valence-corrected chi connectivity index (χ0v) is 17.9. The summed E-state index contributed by atoms with van der Waals surface area (Å²) in [4.78, 5) is 26.9. The first-order chi connectivity index (χ1) is 14.5. The molecule has 0 unspecified atom stereocenters. The minimum absolute atomic E-state index is 0.122. The Labute approximate surface area is 176 Å². The fourth-order valence-electron chi connectivity index (χ4n) is 3.84. The summed E-state index contributed by atoms with van der Waals surface area (Å²) in [7, 11) is 4.55. The van der Waals surface area contributed by atoms with Crippen LogP contribution in [0.25, 0.3) is 0 Å². The second-order valence-corrected chi connectivity index (χ2v) is 7.29. The minimum atomic E-state index is -0.327. The quantitative estimate of drug-likeness (QED) is 0.704. The first-order valence-electron chi connectivity index (χ1n) is 9.88. The number of nitrogens with zero attached hydrogens (tertiary/aromatic N) is 1. The number of nitrogens with one attached hydrogen (secondary N) is 1. The number of methoxy groups -OCH3 is 3. The number of amides is 1. The molecule has 2 aromatic carbocycles. The van der Waals surface area contributed by atoms with Gasteiger partial charge in [-0.1, -0.05) is 18.2 Å². The van der Waals surface area contributed by atoms with E-state index in [-0.39, 0.29) is 30.9 Å². The molecule has 0 spiro atoms. The van der Waals surface area contributed by atoms with Crippen molar-refractivity contribution in [3.05, 3.63) is 53.1 Å². The number of rotatable bonds is 7. The standard InChI is InChI=1S/C23H28N2O5/c1-15-7-5-6-8-18(15)24-22(26)14-25-10-9-16-11-20(28-2)21(29-3)12-17(16)19(25)13-23(27)30-4/h5-8,11-12,19H,9-10,13-14H2,1-4H3,(H,24,26)/t19-/m0/s1. The van der Waals surface area contributed by atoms with Gasteiger partial charge in [-0.2, -0.15) is 0 Å². The first kappa shape index (κ1) is 21.6. The number of para-hydroxylation sites is 1. The molecule has 7 nitrogen and oxygen atoms in total. The smallest absolute Gasteiger partial charge is 0.307 e. The van der Waals surface area contributed by atoms with E-state index >= 15 is 0 Å². The Balaban J connectivity index is 1.86. The van der Waals surface area contributed by atoms with Gasteiger partial charge in [0.15, 0.2) is 11.5 Å². The van der Waals surface area contributed by atoms with Crippen molar-refractivity contribution < 1.29 is 23.8 Å². The number of esters is 1. The van der Waals surface area contributed by atoms with Crippen LogP contribution in [-0.4, -0.2) is 51.2 Å². The van der Waals surface area contributed by atoms with Crippen molar-refractivity contribution in [1.82, 2.24) is 4.90 Å². The van der Waals surface area contributed by atoms with Crippen LogP contribution in [0.3, 0.4) is 0 Å². The van der Waals surface area contributed by atoms with Gasteiger partial charge in [0.1, 0.15) is 0 Å². The molecule has 30 heavy (non-hydrogen) atoms. The molecule has 1 aliphatic rings. The summed E-state index contributed by atoms with van der Waals surface area (Å²) in [6.07, 6.45) is 0.891. The predicted octanol–water partition coefficient (Wildman–Crippen LogP) is 3.11. The van der Waals surface area contributed by atoms with Crippen LogP contribution in [0.1, 0.15) is 29.2 Å². The van der Waals surface area contributed by atoms with E-state index in [1.807, 2.05) is 48.2 Å². The summed E-state index contributed by atoms with van der Waals surface area (Å²) in [5.74, 6) is 0.797. The first-order valence-corrected chi connectivity index (χ1v) is 9.88. The topological polar surface area (TPSA) is 77.1 Å². The second-order valence-electron chi connectivity index (χ2n) is 7.29. The van der Waals surface area contributed by atoms with Gasteiger partial charge in [-0.3, -0.25) is 14.5 Å². The van der Waals surface area contributed by atoms with Crippen molar-refractivity contribution >= 4 is 17.6 Å². The highest BCUT2D eigenvalue weighted by Gasteiger charge is 2.32. The molecule has 1 atom stereocenters. The zero-order chi connectivity index (χ0) is 21.7. The Morgan fingerprint density at radius 2 is 1.80 bits per heavy atom. The molecule has 2 aromatic rings. The molecule has 0 aromatic heterocycles. The van der Waals surface area contributed by atoms with Crippen LogP contribution in [0, 0.1) is 6.92 Å². The van der Waals surface area contributed by atoms with Crippen molar-refractivity contribution in [3.8, 4) is 11.5 Å². The average Bonchev–Trinajstić information content (AvgIpc) is 2.75. The van der Waals surface area contributed by atoms with Gasteiger partial charge in [0.05, 0.1) is 34.3 Å². The van der Waals surface area contributed by atoms with Gasteiger partial charge in [0.25, 0.3) is 0 Å². The van der Waals surface area contributed by atoms with Crippen molar-refractivity contribution in [2.75, 3.05) is 39.7 Å². The van der Waals surface area contributed by atoms with Gasteiger partial charge >= 0.3 is 5.97 Å². The Hall–Kier alpha value is -3.06. The van der Waals surface area contributed by atoms with Crippen molar-refractivity contribution in [1.29, 1.82) is 0 Å². The molecule has 0 saturated heterocycles. The molecule has 160 valence electrons. The Kier molecular flexibility index (Phi) is 6.95. The lowest BCUT2D eigenvalue weighted by Gasteiger charge is -2.36. The van der Waals surface area contributed by atoms with E-state index in [1.54, 1.807) is 14.2 Å². The van der Waals surface area contributed by atoms with E-state index in [0.29, 0.717) is 18.0 Å². The van der Waals surface area contributed by atoms with Gasteiger partial charge in [-0.15, -0.1) is 0 Å². The normalized spacial score (nSPS) is 15.8. The fourth-order valence-corrected chi connectivity index (χ4v) is 3.84. The summed E-state index contributed by atoms with van der Waals surface area (Å²) in [5, 5.41) is 2.97. The molecule has 1 heterocycles. The summed E-state index contributed by atoms with van der Waals surface area (Å²) >= 11 is 0. The SMILES string of the molecule is COC(=O)C[C@H]1c2cc(OC)c(OC)cc2CCN1CC(=O)Nc1ccccc1C. The van der Waals surface area contributed by atoms with Crippen LogP contribution in [0.4, 0.5) is 5.69 Å². The maximum atomic E-state index is 12.8. The Morgan fingerprint density at radius 1 is 1.10 bits per heavy atom. The van der Waals surface area contributed by atoms with E-state index in [0.717, 1.165) is 28.8 Å². The summed E-state index contributed by atoms with van der Waals surface area (Å²) in [6, 6.07) is 11.2. The second kappa shape index (κ2) is 9.63. The van der Waals surface area contributed by atoms with E-state index in [2.05, 4.69) is 5.32 Å². The molecule has 0 fully saturated rings. The van der Waals surface area contributed by atoms with Crippen LogP contribution in [0.2, 0.25) is 0 Å². The van der Waals surface area contributed by atoms with Gasteiger partial charge in [0.2, 0.25) is 5.91 Å². The highest BCUT2D eigenvalue weighted by molar-refractivity contribution is 5.93. The van der Waals surface area contributed by atoms with Crippen molar-refractivity contribution in [3.63, 3.8) is 0 Å². The van der Waals surface area contributed by atoms with E-state index in [4.69, 9.17) is 14.2 Å². The third-order valence-corrected chi connectivity index (χ3v) is 5.47. The molecule has 7 heteroatoms. The van der Waals surface area contributed by atoms with Crippen LogP contribution in [0.5, 0.6) is 11.5 Å². The van der Waals surface area contributed by atoms with Gasteiger partial charge in [-0.05, 0) is 48.2 Å². The number of carbonyl (C=O) groups is 2. The monoisotopic (exact) mass is 412 g/mol. The molecule has 1 N–H and O–H groups in total. The number of benzene rings is 2. The lowest BCUT2D eigenvalue weighted by Crippen LogP contribution is -2.41. The van der Waals surface area contributed by atoms with Crippen LogP contribution < -0.4 is 14.8 Å². The molecule has 1 aliphatic heterocycles. The van der Waals surface area contributed by atoms with E-state index in [1.165, 1.54) is 7.11 Å². The van der Waals surface area contributed by atoms with Gasteiger partial charge < -0.3 is 19.5 Å². The van der Waals surface area contributed by atoms with Gasteiger partial charge in [-0.25, -0.2) is 0 Å². The number of hydrogen-bond acceptors (Lipinski definition) is 6. The molecule has 3 rings (SSSR count). The summed E-state index contributed by atoms with van der Waals surface area (Å²) < 4.78 is 15.8. The molecular formula is C23H28N2O5. The molecule has 1 amide bonds. The number of carbonyl (C=O) groups excluding carboxylic acids is 2. The number of anilines is 1. The van der Waals surface area contributed by atoms with Crippen molar-refractivity contribution in [2.24, 2.45) is 0 Å². The molecular weight excluding hydrogens is 384 g/mol. The summed E-state index contributed by atoms with van der Waals surface area (Å²) in [6.45, 7) is 2.77. The van der Waals surface area contributed by atoms with E-state index < -0.39 is 0 Å². The minimum Gasteiger partial charge on any atom is -0.493 e. The van der Waals surface area contributed by atoms with Crippen LogP contribution in [-0.2, 0) is 20.7 Å². The highest BCUT2D eigenvalue weighted by Crippen LogP contribution is 2.39. The van der Waals surface area contributed by atoms with Gasteiger partial charge in [0, 0.05) is 18.3 Å². The highest BCUT2D eigenvalue weighted by atomic mass is 16.5. The predicted molar refractivity (Wildman–Crippen MR) is 114 cm³/mol. The fraction of sp³-hybridized carbons (Fsp3) is 0.391. The number of fused-ring (bicyclic) bond motifs is 1. The largest absolute Gasteiger partial charge is 0.493 e. The third-order valence-electron chi connectivity index (χ3n) is 5.47. The summed E-state index contributed by atoms with van der Waals surface area (Å²) in [5.41, 5.74) is 3.82. The Bertz CT molecular complexity index is 928. The maximum Gasteiger partial charge on any atom is 0.307 e. The zero-order valence-electron chi connectivity index (χ0n) is 17.9. The number of hydrogen-bond donors (Lipinski definition) is 1.